The fourth-order valence-corrected chi connectivity index (χ4v) is 5.20. The second kappa shape index (κ2) is 9.98. The molecule has 162 valence electrons. The van der Waals surface area contributed by atoms with E-state index >= 15 is 0 Å². The van der Waals surface area contributed by atoms with E-state index in [9.17, 15) is 4.79 Å². The summed E-state index contributed by atoms with van der Waals surface area (Å²) in [6.07, 6.45) is 0. The number of amides is 1. The summed E-state index contributed by atoms with van der Waals surface area (Å²) in [6, 6.07) is 22.2. The van der Waals surface area contributed by atoms with Crippen LogP contribution in [0, 0.1) is 0 Å². The molecule has 1 aromatic heterocycles. The zero-order valence-corrected chi connectivity index (χ0v) is 18.8. The lowest BCUT2D eigenvalue weighted by atomic mass is 10.0. The topological polar surface area (TPSA) is 44.8 Å². The minimum Gasteiger partial charge on any atom is -0.497 e. The number of rotatable bonds is 7. The third-order valence-electron chi connectivity index (χ3n) is 5.83. The maximum Gasteiger partial charge on any atom is 0.251 e. The Kier molecular flexibility index (Phi) is 6.89. The van der Waals surface area contributed by atoms with E-state index in [0.717, 1.165) is 26.2 Å². The van der Waals surface area contributed by atoms with E-state index in [2.05, 4.69) is 69.9 Å². The van der Waals surface area contributed by atoms with Gasteiger partial charge in [-0.1, -0.05) is 30.3 Å². The Labute approximate surface area is 188 Å². The molecule has 0 bridgehead atoms. The van der Waals surface area contributed by atoms with Crippen molar-refractivity contribution in [2.75, 3.05) is 38.2 Å². The second-order valence-electron chi connectivity index (χ2n) is 7.81. The van der Waals surface area contributed by atoms with Gasteiger partial charge in [0.05, 0.1) is 13.2 Å². The van der Waals surface area contributed by atoms with Crippen molar-refractivity contribution in [2.45, 2.75) is 19.0 Å². The molecule has 0 unspecified atom stereocenters. The molecule has 0 saturated carbocycles. The summed E-state index contributed by atoms with van der Waals surface area (Å²) in [5.41, 5.74) is 1.89. The number of ether oxygens (including phenoxy) is 1. The number of benzene rings is 2. The molecule has 1 aliphatic heterocycles. The molecule has 6 heteroatoms. The van der Waals surface area contributed by atoms with Crippen molar-refractivity contribution in [2.24, 2.45) is 0 Å². The van der Waals surface area contributed by atoms with E-state index in [1.54, 1.807) is 24.5 Å². The summed E-state index contributed by atoms with van der Waals surface area (Å²) >= 11 is 1.75. The monoisotopic (exact) mass is 435 g/mol. The summed E-state index contributed by atoms with van der Waals surface area (Å²) < 4.78 is 5.27. The number of hydrogen-bond acceptors (Lipinski definition) is 5. The summed E-state index contributed by atoms with van der Waals surface area (Å²) in [5, 5.41) is 5.34. The summed E-state index contributed by atoms with van der Waals surface area (Å²) in [5.74, 6) is 0.614. The number of carbonyl (C=O) groups excluding carboxylic acids is 1. The van der Waals surface area contributed by atoms with Crippen LogP contribution in [0.25, 0.3) is 0 Å². The van der Waals surface area contributed by atoms with E-state index in [4.69, 9.17) is 4.74 Å². The van der Waals surface area contributed by atoms with Gasteiger partial charge in [-0.2, -0.15) is 0 Å². The van der Waals surface area contributed by atoms with Gasteiger partial charge in [0, 0.05) is 48.3 Å². The first-order valence-electron chi connectivity index (χ1n) is 10.7. The smallest absolute Gasteiger partial charge is 0.251 e. The molecule has 0 radical (unpaired) electrons. The Hall–Kier alpha value is -2.83. The number of anilines is 1. The maximum absolute atomic E-state index is 12.9. The first-order chi connectivity index (χ1) is 15.2. The lowest BCUT2D eigenvalue weighted by Gasteiger charge is -2.42. The highest BCUT2D eigenvalue weighted by Crippen LogP contribution is 2.30. The van der Waals surface area contributed by atoms with Gasteiger partial charge in [0.2, 0.25) is 0 Å². The van der Waals surface area contributed by atoms with Crippen molar-refractivity contribution < 1.29 is 9.53 Å². The number of carbonyl (C=O) groups is 1. The summed E-state index contributed by atoms with van der Waals surface area (Å²) in [6.45, 7) is 5.96. The SMILES string of the molecule is COc1cccc(C(=O)N[C@@H](C)[C@H](c2cccs2)N2CCN(c3ccccc3)CC2)c1. The van der Waals surface area contributed by atoms with Crippen molar-refractivity contribution in [3.05, 3.63) is 82.6 Å². The molecule has 31 heavy (non-hydrogen) atoms. The van der Waals surface area contributed by atoms with Crippen LogP contribution in [0.15, 0.2) is 72.1 Å². The minimum atomic E-state index is -0.0733. The van der Waals surface area contributed by atoms with E-state index in [0.29, 0.717) is 11.3 Å². The number of nitrogens with zero attached hydrogens (tertiary/aromatic N) is 2. The van der Waals surface area contributed by atoms with Gasteiger partial charge in [-0.3, -0.25) is 9.69 Å². The van der Waals surface area contributed by atoms with Crippen molar-refractivity contribution in [1.29, 1.82) is 0 Å². The zero-order valence-electron chi connectivity index (χ0n) is 18.0. The van der Waals surface area contributed by atoms with Crippen LogP contribution in [0.2, 0.25) is 0 Å². The van der Waals surface area contributed by atoms with Crippen LogP contribution in [-0.4, -0.2) is 50.1 Å². The highest BCUT2D eigenvalue weighted by molar-refractivity contribution is 7.10. The molecular formula is C25H29N3O2S. The van der Waals surface area contributed by atoms with Gasteiger partial charge in [0.25, 0.3) is 5.91 Å². The Morgan fingerprint density at radius 2 is 1.77 bits per heavy atom. The fourth-order valence-electron chi connectivity index (χ4n) is 4.23. The summed E-state index contributed by atoms with van der Waals surface area (Å²) in [7, 11) is 1.61. The molecule has 1 aliphatic rings. The number of piperazine rings is 1. The van der Waals surface area contributed by atoms with Gasteiger partial charge in [-0.15, -0.1) is 11.3 Å². The fraction of sp³-hybridized carbons (Fsp3) is 0.320. The lowest BCUT2D eigenvalue weighted by Crippen LogP contribution is -2.52. The Morgan fingerprint density at radius 1 is 1.00 bits per heavy atom. The number of hydrogen-bond donors (Lipinski definition) is 1. The van der Waals surface area contributed by atoms with Gasteiger partial charge in [0.1, 0.15) is 5.75 Å². The molecule has 3 aromatic rings. The number of para-hydroxylation sites is 1. The van der Waals surface area contributed by atoms with Crippen LogP contribution in [0.3, 0.4) is 0 Å². The highest BCUT2D eigenvalue weighted by atomic mass is 32.1. The second-order valence-corrected chi connectivity index (χ2v) is 8.79. The Balaban J connectivity index is 1.46. The molecule has 0 aliphatic carbocycles. The predicted molar refractivity (Wildman–Crippen MR) is 127 cm³/mol. The van der Waals surface area contributed by atoms with Crippen LogP contribution in [0.5, 0.6) is 5.75 Å². The van der Waals surface area contributed by atoms with Crippen LogP contribution in [-0.2, 0) is 0 Å². The zero-order chi connectivity index (χ0) is 21.6. The first-order valence-corrected chi connectivity index (χ1v) is 11.6. The largest absolute Gasteiger partial charge is 0.497 e. The van der Waals surface area contributed by atoms with E-state index < -0.39 is 0 Å². The standard InChI is InChI=1S/C25H29N3O2S/c1-19(26-25(29)20-8-6-11-22(18-20)30-2)24(23-12-7-17-31-23)28-15-13-27(14-16-28)21-9-4-3-5-10-21/h3-12,17-19,24H,13-16H2,1-2H3,(H,26,29)/t19-,24+/m0/s1. The normalized spacial score (nSPS) is 16.5. The molecule has 0 spiro atoms. The van der Waals surface area contributed by atoms with Crippen LogP contribution >= 0.6 is 11.3 Å². The van der Waals surface area contributed by atoms with Gasteiger partial charge in [-0.25, -0.2) is 0 Å². The number of nitrogens with one attached hydrogen (secondary N) is 1. The molecule has 4 rings (SSSR count). The van der Waals surface area contributed by atoms with Gasteiger partial charge in [0.15, 0.2) is 0 Å². The van der Waals surface area contributed by atoms with Gasteiger partial charge < -0.3 is 15.0 Å². The van der Waals surface area contributed by atoms with E-state index in [1.807, 2.05) is 18.2 Å². The van der Waals surface area contributed by atoms with Crippen molar-refractivity contribution >= 4 is 22.9 Å². The molecule has 1 N–H and O–H groups in total. The van der Waals surface area contributed by atoms with Crippen LogP contribution in [0.1, 0.15) is 28.2 Å². The average molecular weight is 436 g/mol. The maximum atomic E-state index is 12.9. The van der Waals surface area contributed by atoms with E-state index in [-0.39, 0.29) is 18.0 Å². The minimum absolute atomic E-state index is 0.0272. The quantitative estimate of drug-likeness (QED) is 0.596. The molecule has 1 fully saturated rings. The van der Waals surface area contributed by atoms with Crippen molar-refractivity contribution in [1.82, 2.24) is 10.2 Å². The molecule has 2 aromatic carbocycles. The lowest BCUT2D eigenvalue weighted by molar-refractivity contribution is 0.0890. The van der Waals surface area contributed by atoms with Crippen molar-refractivity contribution in [3.63, 3.8) is 0 Å². The molecule has 1 saturated heterocycles. The molecule has 5 nitrogen and oxygen atoms in total. The third-order valence-corrected chi connectivity index (χ3v) is 6.77. The van der Waals surface area contributed by atoms with Crippen LogP contribution in [0.4, 0.5) is 5.69 Å². The molecule has 1 amide bonds. The predicted octanol–water partition coefficient (Wildman–Crippen LogP) is 4.44. The van der Waals surface area contributed by atoms with E-state index in [1.165, 1.54) is 10.6 Å². The number of methoxy groups -OCH3 is 1. The average Bonchev–Trinajstić information content (AvgIpc) is 3.34. The molecule has 2 heterocycles. The third kappa shape index (κ3) is 5.09. The van der Waals surface area contributed by atoms with Crippen molar-refractivity contribution in [3.8, 4) is 5.75 Å². The Morgan fingerprint density at radius 3 is 2.45 bits per heavy atom. The number of thiophene rings is 1. The van der Waals surface area contributed by atoms with Gasteiger partial charge >= 0.3 is 0 Å². The Bertz CT molecular complexity index is 969. The summed E-state index contributed by atoms with van der Waals surface area (Å²) in [4.78, 5) is 19.1. The highest BCUT2D eigenvalue weighted by Gasteiger charge is 2.31. The molecular weight excluding hydrogens is 406 g/mol. The first kappa shape index (κ1) is 21.4. The van der Waals surface area contributed by atoms with Gasteiger partial charge in [-0.05, 0) is 48.7 Å². The molecule has 2 atom stereocenters. The van der Waals surface area contributed by atoms with Crippen LogP contribution < -0.4 is 15.0 Å².